The van der Waals surface area contributed by atoms with Crippen LogP contribution >= 0.6 is 23.4 Å². The predicted molar refractivity (Wildman–Crippen MR) is 111 cm³/mol. The lowest BCUT2D eigenvalue weighted by molar-refractivity contribution is -0.384. The van der Waals surface area contributed by atoms with Gasteiger partial charge in [0.05, 0.1) is 10.5 Å². The first-order valence-corrected chi connectivity index (χ1v) is 9.92. The maximum atomic E-state index is 12.7. The van der Waals surface area contributed by atoms with Gasteiger partial charge >= 0.3 is 12.0 Å². The molecular formula is C19H18ClN3O6S. The van der Waals surface area contributed by atoms with E-state index in [1.54, 1.807) is 31.2 Å². The molecule has 0 fully saturated rings. The van der Waals surface area contributed by atoms with Crippen molar-refractivity contribution in [1.82, 2.24) is 10.6 Å². The molecule has 0 aliphatic carbocycles. The molecule has 3 amide bonds. The molecule has 0 bridgehead atoms. The number of hydrogen-bond donors (Lipinski definition) is 2. The third kappa shape index (κ3) is 6.46. The number of nitro groups is 1. The topological polar surface area (TPSA) is 128 Å². The number of halogens is 1. The van der Waals surface area contributed by atoms with Crippen molar-refractivity contribution < 1.29 is 24.0 Å². The Labute approximate surface area is 181 Å². The molecule has 0 spiro atoms. The molecule has 11 heteroatoms. The van der Waals surface area contributed by atoms with Gasteiger partial charge in [-0.3, -0.25) is 20.2 Å². The van der Waals surface area contributed by atoms with Gasteiger partial charge in [-0.25, -0.2) is 9.59 Å². The van der Waals surface area contributed by atoms with Crippen molar-refractivity contribution in [2.24, 2.45) is 0 Å². The molecule has 2 rings (SSSR count). The third-order valence-electron chi connectivity index (χ3n) is 3.66. The van der Waals surface area contributed by atoms with E-state index in [9.17, 15) is 24.5 Å². The summed E-state index contributed by atoms with van der Waals surface area (Å²) < 4.78 is 5.12. The molecule has 0 heterocycles. The second-order valence-electron chi connectivity index (χ2n) is 5.89. The number of ether oxygens (including phenoxy) is 1. The highest BCUT2D eigenvalue weighted by Gasteiger charge is 2.24. The fourth-order valence-electron chi connectivity index (χ4n) is 2.21. The Bertz CT molecular complexity index is 967. The summed E-state index contributed by atoms with van der Waals surface area (Å²) in [5, 5.41) is 16.1. The summed E-state index contributed by atoms with van der Waals surface area (Å²) in [6, 6.07) is 9.84. The van der Waals surface area contributed by atoms with Gasteiger partial charge in [-0.15, -0.1) is 0 Å². The zero-order chi connectivity index (χ0) is 22.3. The lowest BCUT2D eigenvalue weighted by atomic mass is 10.2. The molecule has 2 aromatic carbocycles. The molecule has 158 valence electrons. The second-order valence-corrected chi connectivity index (χ2v) is 7.44. The summed E-state index contributed by atoms with van der Waals surface area (Å²) >= 11 is 7.05. The van der Waals surface area contributed by atoms with Crippen LogP contribution in [-0.4, -0.2) is 35.5 Å². The number of esters is 1. The molecule has 0 aromatic heterocycles. The first kappa shape index (κ1) is 23.2. The predicted octanol–water partition coefficient (Wildman–Crippen LogP) is 3.79. The van der Waals surface area contributed by atoms with Crippen LogP contribution < -0.4 is 10.6 Å². The number of non-ortho nitro benzene ring substituents is 1. The number of nitro benzene ring substituents is 1. The molecular weight excluding hydrogens is 434 g/mol. The van der Waals surface area contributed by atoms with Crippen LogP contribution in [0.1, 0.15) is 24.2 Å². The summed E-state index contributed by atoms with van der Waals surface area (Å²) in [4.78, 5) is 47.7. The highest BCUT2D eigenvalue weighted by molar-refractivity contribution is 7.99. The molecule has 0 aliphatic rings. The number of carbonyl (C=O) groups excluding carboxylic acids is 3. The van der Waals surface area contributed by atoms with E-state index >= 15 is 0 Å². The Morgan fingerprint density at radius 3 is 2.47 bits per heavy atom. The Kier molecular flexibility index (Phi) is 8.19. The summed E-state index contributed by atoms with van der Waals surface area (Å²) in [6.45, 7) is 3.28. The number of benzene rings is 2. The van der Waals surface area contributed by atoms with E-state index in [1.807, 2.05) is 5.32 Å². The minimum atomic E-state index is -1.30. The fourth-order valence-corrected chi connectivity index (χ4v) is 3.25. The van der Waals surface area contributed by atoms with Crippen LogP contribution in [0.4, 0.5) is 10.5 Å². The van der Waals surface area contributed by atoms with E-state index < -0.39 is 28.9 Å². The number of imide groups is 1. The first-order chi connectivity index (χ1) is 14.2. The molecule has 2 aromatic rings. The van der Waals surface area contributed by atoms with Crippen LogP contribution in [0.3, 0.4) is 0 Å². The summed E-state index contributed by atoms with van der Waals surface area (Å²) in [5.41, 5.74) is -0.386. The van der Waals surface area contributed by atoms with E-state index in [0.717, 1.165) is 11.0 Å². The molecule has 9 nitrogen and oxygen atoms in total. The summed E-state index contributed by atoms with van der Waals surface area (Å²) in [7, 11) is 0. The van der Waals surface area contributed by atoms with Gasteiger partial charge in [0.25, 0.3) is 11.6 Å². The first-order valence-electron chi connectivity index (χ1n) is 8.72. The van der Waals surface area contributed by atoms with Gasteiger partial charge in [-0.2, -0.15) is 0 Å². The molecule has 2 N–H and O–H groups in total. The fraction of sp³-hybridized carbons (Fsp3) is 0.211. The minimum absolute atomic E-state index is 0.0817. The smallest absolute Gasteiger partial charge is 0.340 e. The summed E-state index contributed by atoms with van der Waals surface area (Å²) in [6.07, 6.45) is -1.30. The Morgan fingerprint density at radius 2 is 1.87 bits per heavy atom. The molecule has 30 heavy (non-hydrogen) atoms. The van der Waals surface area contributed by atoms with Crippen LogP contribution in [0.2, 0.25) is 5.02 Å². The van der Waals surface area contributed by atoms with Crippen molar-refractivity contribution in [2.75, 3.05) is 6.54 Å². The quantitative estimate of drug-likeness (QED) is 0.372. The average Bonchev–Trinajstić information content (AvgIpc) is 2.69. The van der Waals surface area contributed by atoms with Gasteiger partial charge in [-0.05, 0) is 44.2 Å². The maximum Gasteiger partial charge on any atom is 0.340 e. The Morgan fingerprint density at radius 1 is 1.20 bits per heavy atom. The summed E-state index contributed by atoms with van der Waals surface area (Å²) in [5.74, 6) is -1.76. The largest absolute Gasteiger partial charge is 0.449 e. The van der Waals surface area contributed by atoms with Gasteiger partial charge in [-0.1, -0.05) is 23.4 Å². The van der Waals surface area contributed by atoms with Gasteiger partial charge in [0.15, 0.2) is 6.10 Å². The SMILES string of the molecule is CCNC(=O)NC(=O)C(C)OC(=O)c1cc([N+](=O)[O-])ccc1Sc1ccc(Cl)cc1. The van der Waals surface area contributed by atoms with Crippen molar-refractivity contribution in [3.8, 4) is 0 Å². The number of nitrogens with zero attached hydrogens (tertiary/aromatic N) is 1. The number of rotatable bonds is 7. The van der Waals surface area contributed by atoms with E-state index in [0.29, 0.717) is 16.5 Å². The number of carbonyl (C=O) groups is 3. The van der Waals surface area contributed by atoms with Crippen molar-refractivity contribution in [1.29, 1.82) is 0 Å². The van der Waals surface area contributed by atoms with Gasteiger partial charge in [0.1, 0.15) is 0 Å². The lowest BCUT2D eigenvalue weighted by Gasteiger charge is -2.14. The molecule has 0 aliphatic heterocycles. The van der Waals surface area contributed by atoms with Gasteiger partial charge < -0.3 is 10.1 Å². The molecule has 1 atom stereocenters. The van der Waals surface area contributed by atoms with E-state index in [-0.39, 0.29) is 11.3 Å². The molecule has 1 unspecified atom stereocenters. The van der Waals surface area contributed by atoms with Crippen LogP contribution in [0, 0.1) is 10.1 Å². The monoisotopic (exact) mass is 451 g/mol. The normalized spacial score (nSPS) is 11.3. The van der Waals surface area contributed by atoms with Crippen molar-refractivity contribution in [3.05, 3.63) is 63.2 Å². The highest BCUT2D eigenvalue weighted by Crippen LogP contribution is 2.33. The Hall–Kier alpha value is -3.11. The van der Waals surface area contributed by atoms with Crippen LogP contribution in [0.25, 0.3) is 0 Å². The number of amides is 3. The second kappa shape index (κ2) is 10.6. The zero-order valence-corrected chi connectivity index (χ0v) is 17.6. The molecule has 0 saturated carbocycles. The van der Waals surface area contributed by atoms with Crippen LogP contribution in [-0.2, 0) is 9.53 Å². The molecule has 0 radical (unpaired) electrons. The molecule has 0 saturated heterocycles. The standard InChI is InChI=1S/C19H18ClN3O6S/c1-3-21-19(26)22-17(24)11(2)29-18(25)15-10-13(23(27)28)6-9-16(15)30-14-7-4-12(20)5-8-14/h4-11H,3H2,1-2H3,(H2,21,22,24,26). The van der Waals surface area contributed by atoms with E-state index in [2.05, 4.69) is 5.32 Å². The van der Waals surface area contributed by atoms with Crippen LogP contribution in [0.15, 0.2) is 52.3 Å². The Balaban J connectivity index is 2.23. The third-order valence-corrected chi connectivity index (χ3v) is 5.00. The van der Waals surface area contributed by atoms with Crippen molar-refractivity contribution >= 4 is 47.0 Å². The van der Waals surface area contributed by atoms with Crippen molar-refractivity contribution in [3.63, 3.8) is 0 Å². The maximum absolute atomic E-state index is 12.7. The van der Waals surface area contributed by atoms with E-state index in [4.69, 9.17) is 16.3 Å². The van der Waals surface area contributed by atoms with Crippen LogP contribution in [0.5, 0.6) is 0 Å². The van der Waals surface area contributed by atoms with Gasteiger partial charge in [0, 0.05) is 33.5 Å². The zero-order valence-electron chi connectivity index (χ0n) is 16.0. The van der Waals surface area contributed by atoms with Crippen molar-refractivity contribution in [2.45, 2.75) is 29.7 Å². The van der Waals surface area contributed by atoms with Gasteiger partial charge in [0.2, 0.25) is 0 Å². The average molecular weight is 452 g/mol. The lowest BCUT2D eigenvalue weighted by Crippen LogP contribution is -2.44. The highest BCUT2D eigenvalue weighted by atomic mass is 35.5. The number of urea groups is 1. The number of hydrogen-bond acceptors (Lipinski definition) is 7. The minimum Gasteiger partial charge on any atom is -0.449 e. The number of nitrogens with one attached hydrogen (secondary N) is 2. The van der Waals surface area contributed by atoms with E-state index in [1.165, 1.54) is 30.8 Å².